The first-order chi connectivity index (χ1) is 9.61. The molecule has 2 rings (SSSR count). The van der Waals surface area contributed by atoms with Crippen molar-refractivity contribution >= 4 is 24.1 Å². The van der Waals surface area contributed by atoms with Crippen LogP contribution in [-0.2, 0) is 11.8 Å². The highest BCUT2D eigenvalue weighted by Gasteiger charge is 2.20. The Balaban J connectivity index is 0.00000220. The van der Waals surface area contributed by atoms with E-state index >= 15 is 0 Å². The lowest BCUT2D eigenvalue weighted by Gasteiger charge is -2.19. The first-order valence-corrected chi connectivity index (χ1v) is 7.61. The normalized spacial score (nSPS) is 17.1. The van der Waals surface area contributed by atoms with Crippen LogP contribution in [0.3, 0.4) is 0 Å². The second kappa shape index (κ2) is 8.39. The van der Waals surface area contributed by atoms with Crippen molar-refractivity contribution in [2.45, 2.75) is 44.9 Å². The van der Waals surface area contributed by atoms with Gasteiger partial charge in [-0.3, -0.25) is 9.48 Å². The first kappa shape index (κ1) is 18.0. The number of anilines is 1. The summed E-state index contributed by atoms with van der Waals surface area (Å²) in [4.78, 5) is 12.0. The number of amides is 1. The second-order valence-corrected chi connectivity index (χ2v) is 5.86. The van der Waals surface area contributed by atoms with E-state index in [-0.39, 0.29) is 24.2 Å². The summed E-state index contributed by atoms with van der Waals surface area (Å²) in [6.07, 6.45) is 6.37. The van der Waals surface area contributed by atoms with Crippen LogP contribution < -0.4 is 10.6 Å². The number of hydrogen-bond donors (Lipinski definition) is 2. The average molecular weight is 315 g/mol. The maximum atomic E-state index is 12.0. The molecule has 0 aliphatic heterocycles. The summed E-state index contributed by atoms with van der Waals surface area (Å²) in [7, 11) is 3.75. The first-order valence-electron chi connectivity index (χ1n) is 7.61. The molecule has 1 atom stereocenters. The quantitative estimate of drug-likeness (QED) is 0.878. The number of hydrogen-bond acceptors (Lipinski definition) is 3. The molecule has 1 amide bonds. The van der Waals surface area contributed by atoms with Gasteiger partial charge in [0, 0.05) is 31.5 Å². The van der Waals surface area contributed by atoms with Crippen molar-refractivity contribution in [2.24, 2.45) is 13.0 Å². The molecule has 120 valence electrons. The molecule has 1 fully saturated rings. The Hall–Kier alpha value is -1.07. The third kappa shape index (κ3) is 4.71. The molecule has 0 spiro atoms. The fraction of sp³-hybridized carbons (Fsp3) is 0.733. The molecule has 0 saturated heterocycles. The fourth-order valence-electron chi connectivity index (χ4n) is 2.85. The van der Waals surface area contributed by atoms with Crippen molar-refractivity contribution in [1.82, 2.24) is 15.1 Å². The standard InChI is InChI=1S/C15H26N4O.ClH/c1-11(10-16-2)15(20)17-14-9-13(18-19(14)3)12-7-5-4-6-8-12;/h9,11-12,16H,4-8,10H2,1-3H3,(H,17,20);1H. The molecular formula is C15H27ClN4O. The van der Waals surface area contributed by atoms with E-state index in [1.165, 1.54) is 32.1 Å². The Kier molecular flexibility index (Phi) is 7.18. The Morgan fingerprint density at radius 3 is 2.71 bits per heavy atom. The van der Waals surface area contributed by atoms with Gasteiger partial charge < -0.3 is 10.6 Å². The van der Waals surface area contributed by atoms with Crippen LogP contribution >= 0.6 is 12.4 Å². The number of aryl methyl sites for hydroxylation is 1. The highest BCUT2D eigenvalue weighted by molar-refractivity contribution is 5.91. The molecule has 0 radical (unpaired) electrons. The van der Waals surface area contributed by atoms with Gasteiger partial charge in [0.1, 0.15) is 5.82 Å². The van der Waals surface area contributed by atoms with E-state index in [2.05, 4.69) is 15.7 Å². The van der Waals surface area contributed by atoms with Gasteiger partial charge in [-0.1, -0.05) is 26.2 Å². The van der Waals surface area contributed by atoms with Crippen LogP contribution in [0.1, 0.15) is 50.6 Å². The summed E-state index contributed by atoms with van der Waals surface area (Å²) in [6, 6.07) is 2.04. The van der Waals surface area contributed by atoms with E-state index in [1.54, 1.807) is 4.68 Å². The zero-order valence-corrected chi connectivity index (χ0v) is 14.0. The summed E-state index contributed by atoms with van der Waals surface area (Å²) < 4.78 is 1.79. The highest BCUT2D eigenvalue weighted by atomic mass is 35.5. The summed E-state index contributed by atoms with van der Waals surface area (Å²) in [5, 5.41) is 10.6. The van der Waals surface area contributed by atoms with Gasteiger partial charge in [0.15, 0.2) is 0 Å². The van der Waals surface area contributed by atoms with Gasteiger partial charge in [-0.25, -0.2) is 0 Å². The molecule has 1 aliphatic rings. The molecule has 6 heteroatoms. The molecule has 1 aromatic heterocycles. The van der Waals surface area contributed by atoms with E-state index in [0.29, 0.717) is 12.5 Å². The number of halogens is 1. The number of carbonyl (C=O) groups is 1. The second-order valence-electron chi connectivity index (χ2n) is 5.86. The summed E-state index contributed by atoms with van der Waals surface area (Å²) >= 11 is 0. The van der Waals surface area contributed by atoms with Crippen LogP contribution in [0.5, 0.6) is 0 Å². The van der Waals surface area contributed by atoms with E-state index in [0.717, 1.165) is 11.5 Å². The van der Waals surface area contributed by atoms with Crippen LogP contribution in [0.15, 0.2) is 6.07 Å². The van der Waals surface area contributed by atoms with Crippen LogP contribution in [0.25, 0.3) is 0 Å². The van der Waals surface area contributed by atoms with Crippen LogP contribution in [-0.4, -0.2) is 29.3 Å². The zero-order chi connectivity index (χ0) is 14.5. The summed E-state index contributed by atoms with van der Waals surface area (Å²) in [6.45, 7) is 2.60. The van der Waals surface area contributed by atoms with Gasteiger partial charge in [0.05, 0.1) is 5.69 Å². The van der Waals surface area contributed by atoms with Crippen LogP contribution in [0.4, 0.5) is 5.82 Å². The molecule has 1 unspecified atom stereocenters. The van der Waals surface area contributed by atoms with Crippen molar-refractivity contribution in [3.05, 3.63) is 11.8 Å². The summed E-state index contributed by atoms with van der Waals surface area (Å²) in [5.41, 5.74) is 1.13. The monoisotopic (exact) mass is 314 g/mol. The summed E-state index contributed by atoms with van der Waals surface area (Å²) in [5.74, 6) is 1.36. The third-order valence-corrected chi connectivity index (χ3v) is 4.13. The number of carbonyl (C=O) groups excluding carboxylic acids is 1. The third-order valence-electron chi connectivity index (χ3n) is 4.13. The Morgan fingerprint density at radius 1 is 1.43 bits per heavy atom. The Morgan fingerprint density at radius 2 is 2.10 bits per heavy atom. The number of nitrogens with zero attached hydrogens (tertiary/aromatic N) is 2. The van der Waals surface area contributed by atoms with E-state index < -0.39 is 0 Å². The minimum absolute atomic E-state index is 0. The van der Waals surface area contributed by atoms with Gasteiger partial charge >= 0.3 is 0 Å². The number of aromatic nitrogens is 2. The van der Waals surface area contributed by atoms with Gasteiger partial charge in [0.2, 0.25) is 5.91 Å². The zero-order valence-electron chi connectivity index (χ0n) is 13.2. The lowest BCUT2D eigenvalue weighted by atomic mass is 9.87. The molecule has 5 nitrogen and oxygen atoms in total. The van der Waals surface area contributed by atoms with Crippen LogP contribution in [0, 0.1) is 5.92 Å². The molecule has 0 aromatic carbocycles. The van der Waals surface area contributed by atoms with Crippen molar-refractivity contribution in [1.29, 1.82) is 0 Å². The number of rotatable bonds is 5. The predicted molar refractivity (Wildman–Crippen MR) is 88.0 cm³/mol. The van der Waals surface area contributed by atoms with Crippen molar-refractivity contribution in [3.63, 3.8) is 0 Å². The smallest absolute Gasteiger partial charge is 0.229 e. The molecule has 1 heterocycles. The van der Waals surface area contributed by atoms with Gasteiger partial charge in [0.25, 0.3) is 0 Å². The molecule has 1 aromatic rings. The van der Waals surface area contributed by atoms with Crippen molar-refractivity contribution < 1.29 is 4.79 Å². The predicted octanol–water partition coefficient (Wildman–Crippen LogP) is 2.68. The Bertz CT molecular complexity index is 455. The van der Waals surface area contributed by atoms with Crippen molar-refractivity contribution in [2.75, 3.05) is 18.9 Å². The largest absolute Gasteiger partial charge is 0.319 e. The SMILES string of the molecule is CNCC(C)C(=O)Nc1cc(C2CCCCC2)nn1C.Cl. The highest BCUT2D eigenvalue weighted by Crippen LogP contribution is 2.32. The molecule has 1 saturated carbocycles. The topological polar surface area (TPSA) is 59.0 Å². The fourth-order valence-corrected chi connectivity index (χ4v) is 2.85. The molecule has 0 bridgehead atoms. The number of nitrogens with one attached hydrogen (secondary N) is 2. The van der Waals surface area contributed by atoms with Gasteiger partial charge in [-0.2, -0.15) is 5.10 Å². The van der Waals surface area contributed by atoms with E-state index in [1.807, 2.05) is 27.1 Å². The van der Waals surface area contributed by atoms with Gasteiger partial charge in [-0.15, -0.1) is 12.4 Å². The van der Waals surface area contributed by atoms with Gasteiger partial charge in [-0.05, 0) is 19.9 Å². The maximum absolute atomic E-state index is 12.0. The lowest BCUT2D eigenvalue weighted by Crippen LogP contribution is -2.29. The molecule has 1 aliphatic carbocycles. The molecule has 21 heavy (non-hydrogen) atoms. The molecular weight excluding hydrogens is 288 g/mol. The Labute approximate surface area is 133 Å². The lowest BCUT2D eigenvalue weighted by molar-refractivity contribution is -0.119. The van der Waals surface area contributed by atoms with Crippen LogP contribution in [0.2, 0.25) is 0 Å². The van der Waals surface area contributed by atoms with E-state index in [4.69, 9.17) is 0 Å². The average Bonchev–Trinajstić information content (AvgIpc) is 2.81. The minimum atomic E-state index is -0.0481. The molecule has 2 N–H and O–H groups in total. The minimum Gasteiger partial charge on any atom is -0.319 e. The maximum Gasteiger partial charge on any atom is 0.229 e. The van der Waals surface area contributed by atoms with Crippen molar-refractivity contribution in [3.8, 4) is 0 Å². The van der Waals surface area contributed by atoms with E-state index in [9.17, 15) is 4.79 Å².